The average Bonchev–Trinajstić information content (AvgIpc) is 2.96. The summed E-state index contributed by atoms with van der Waals surface area (Å²) >= 11 is 0. The second-order valence-electron chi connectivity index (χ2n) is 6.02. The number of H-pyrrole nitrogens is 1. The minimum atomic E-state index is -1.47. The lowest BCUT2D eigenvalue weighted by atomic mass is 9.92. The normalized spacial score (nSPS) is 15.2. The van der Waals surface area contributed by atoms with E-state index in [1.54, 1.807) is 6.20 Å². The molecular weight excluding hydrogens is 330 g/mol. The van der Waals surface area contributed by atoms with Crippen molar-refractivity contribution in [2.45, 2.75) is 30.6 Å². The van der Waals surface area contributed by atoms with Gasteiger partial charge in [-0.25, -0.2) is 13.0 Å². The van der Waals surface area contributed by atoms with Crippen molar-refractivity contribution in [3.8, 4) is 0 Å². The fourth-order valence-corrected chi connectivity index (χ4v) is 4.11. The van der Waals surface area contributed by atoms with Crippen molar-refractivity contribution in [1.82, 2.24) is 4.98 Å². The molecule has 1 aliphatic rings. The van der Waals surface area contributed by atoms with Crippen molar-refractivity contribution in [3.05, 3.63) is 59.3 Å². The summed E-state index contributed by atoms with van der Waals surface area (Å²) in [5.41, 5.74) is 3.52. The second kappa shape index (κ2) is 6.02. The summed E-state index contributed by atoms with van der Waals surface area (Å²) in [6.07, 6.45) is 6.01. The van der Waals surface area contributed by atoms with Crippen LogP contribution in [-0.4, -0.2) is 9.19 Å². The number of aryl methyl sites for hydroxylation is 2. The number of rotatable bonds is 3. The lowest BCUT2D eigenvalue weighted by Gasteiger charge is -2.16. The van der Waals surface area contributed by atoms with Crippen LogP contribution in [0.2, 0.25) is 0 Å². The molecule has 0 fully saturated rings. The number of hydrogen-bond donors (Lipinski definition) is 2. The summed E-state index contributed by atoms with van der Waals surface area (Å²) in [5, 5.41) is 0.472. The van der Waals surface area contributed by atoms with Gasteiger partial charge in [0.2, 0.25) is 0 Å². The predicted molar refractivity (Wildman–Crippen MR) is 91.3 cm³/mol. The van der Waals surface area contributed by atoms with Crippen molar-refractivity contribution in [2.75, 3.05) is 4.72 Å². The Morgan fingerprint density at radius 2 is 1.75 bits per heavy atom. The number of aromatic amines is 1. The van der Waals surface area contributed by atoms with Gasteiger partial charge in [-0.1, -0.05) is 6.07 Å². The third kappa shape index (κ3) is 2.71. The fraction of sp³-hybridized carbons (Fsp3) is 0.222. The minimum absolute atomic E-state index is 0.457. The number of fused-ring (bicyclic) bond motifs is 2. The Morgan fingerprint density at radius 1 is 1.00 bits per heavy atom. The van der Waals surface area contributed by atoms with E-state index in [-0.39, 0.29) is 0 Å². The van der Waals surface area contributed by atoms with E-state index in [0.717, 1.165) is 31.4 Å². The highest BCUT2D eigenvalue weighted by Crippen LogP contribution is 2.28. The molecule has 0 saturated heterocycles. The first-order valence-corrected chi connectivity index (χ1v) is 9.03. The van der Waals surface area contributed by atoms with E-state index in [1.165, 1.54) is 17.5 Å². The molecule has 1 aromatic heterocycles. The number of nitrogens with one attached hydrogen (secondary N) is 2. The molecule has 6 heteroatoms. The van der Waals surface area contributed by atoms with E-state index in [9.17, 15) is 13.0 Å². The maximum absolute atomic E-state index is 13.5. The first-order valence-electron chi connectivity index (χ1n) is 7.88. The van der Waals surface area contributed by atoms with Gasteiger partial charge in [-0.3, -0.25) is 4.72 Å². The quantitative estimate of drug-likeness (QED) is 0.723. The van der Waals surface area contributed by atoms with E-state index in [4.69, 9.17) is 0 Å². The van der Waals surface area contributed by atoms with Gasteiger partial charge in [-0.05, 0) is 55.0 Å². The second-order valence-corrected chi connectivity index (χ2v) is 7.24. The number of benzene rings is 2. The number of aromatic nitrogens is 1. The van der Waals surface area contributed by atoms with Crippen LogP contribution in [0.1, 0.15) is 24.0 Å². The molecule has 0 saturated carbocycles. The van der Waals surface area contributed by atoms with Gasteiger partial charge in [-0.2, -0.15) is 0 Å². The first kappa shape index (κ1) is 15.3. The molecule has 0 spiro atoms. The summed E-state index contributed by atoms with van der Waals surface area (Å²) < 4.78 is 42.2. The average molecular weight is 346 g/mol. The van der Waals surface area contributed by atoms with Gasteiger partial charge in [0.25, 0.3) is 0 Å². The largest absolute Gasteiger partial charge is 0.359 e. The lowest BCUT2D eigenvalue weighted by molar-refractivity contribution is 0.511. The smallest absolute Gasteiger partial charge is 0.160 e. The Labute approximate surface area is 140 Å². The van der Waals surface area contributed by atoms with Gasteiger partial charge in [0.1, 0.15) is 11.0 Å². The highest BCUT2D eigenvalue weighted by Gasteiger charge is 2.14. The zero-order valence-corrected chi connectivity index (χ0v) is 13.7. The topological polar surface area (TPSA) is 44.9 Å². The standard InChI is InChI=1S/C18H16F2N2OS/c19-15-8-14-17(9-16(15)20)21-10-18(14)22-24(23)13-6-5-11-3-1-2-4-12(11)7-13/h5-10,21-22H,1-4H2. The molecule has 1 aliphatic carbocycles. The van der Waals surface area contributed by atoms with Crippen LogP contribution in [0.5, 0.6) is 0 Å². The molecule has 0 aliphatic heterocycles. The molecular formula is C18H16F2N2OS. The number of hydrogen-bond acceptors (Lipinski definition) is 1. The van der Waals surface area contributed by atoms with E-state index >= 15 is 0 Å². The van der Waals surface area contributed by atoms with Gasteiger partial charge in [-0.15, -0.1) is 0 Å². The van der Waals surface area contributed by atoms with Crippen LogP contribution in [0.4, 0.5) is 14.5 Å². The molecule has 24 heavy (non-hydrogen) atoms. The molecule has 1 heterocycles. The van der Waals surface area contributed by atoms with Crippen LogP contribution in [0.3, 0.4) is 0 Å². The summed E-state index contributed by atoms with van der Waals surface area (Å²) in [4.78, 5) is 3.55. The van der Waals surface area contributed by atoms with Crippen LogP contribution >= 0.6 is 0 Å². The zero-order chi connectivity index (χ0) is 16.7. The van der Waals surface area contributed by atoms with E-state index in [0.29, 0.717) is 21.5 Å². The molecule has 0 amide bonds. The molecule has 1 atom stereocenters. The van der Waals surface area contributed by atoms with Crippen LogP contribution in [0, 0.1) is 11.6 Å². The third-order valence-corrected chi connectivity index (χ3v) is 5.55. The van der Waals surface area contributed by atoms with Crippen LogP contribution < -0.4 is 4.72 Å². The summed E-state index contributed by atoms with van der Waals surface area (Å²) in [7, 11) is -1.47. The van der Waals surface area contributed by atoms with Crippen LogP contribution in [0.25, 0.3) is 10.9 Å². The maximum atomic E-state index is 13.5. The van der Waals surface area contributed by atoms with Gasteiger partial charge in [0, 0.05) is 17.6 Å². The van der Waals surface area contributed by atoms with E-state index in [1.807, 2.05) is 18.2 Å². The molecule has 3 nitrogen and oxygen atoms in total. The van der Waals surface area contributed by atoms with E-state index < -0.39 is 22.6 Å². The Hall–Kier alpha value is -2.21. The number of halogens is 2. The minimum Gasteiger partial charge on any atom is -0.359 e. The number of anilines is 1. The zero-order valence-electron chi connectivity index (χ0n) is 12.9. The molecule has 4 rings (SSSR count). The van der Waals surface area contributed by atoms with Crippen LogP contribution in [0.15, 0.2) is 41.4 Å². The summed E-state index contributed by atoms with van der Waals surface area (Å²) in [5.74, 6) is -1.84. The molecule has 2 N–H and O–H groups in total. The summed E-state index contributed by atoms with van der Waals surface area (Å²) in [6.45, 7) is 0. The first-order chi connectivity index (χ1) is 11.6. The highest BCUT2D eigenvalue weighted by molar-refractivity contribution is 7.86. The Morgan fingerprint density at radius 3 is 2.58 bits per heavy atom. The molecule has 0 radical (unpaired) electrons. The van der Waals surface area contributed by atoms with E-state index in [2.05, 4.69) is 9.71 Å². The van der Waals surface area contributed by atoms with Gasteiger partial charge in [0.05, 0.1) is 16.1 Å². The van der Waals surface area contributed by atoms with Gasteiger partial charge >= 0.3 is 0 Å². The lowest BCUT2D eigenvalue weighted by Crippen LogP contribution is -2.08. The Kier molecular flexibility index (Phi) is 3.84. The maximum Gasteiger partial charge on any atom is 0.160 e. The molecule has 1 unspecified atom stereocenters. The fourth-order valence-electron chi connectivity index (χ4n) is 3.19. The van der Waals surface area contributed by atoms with Crippen molar-refractivity contribution in [3.63, 3.8) is 0 Å². The van der Waals surface area contributed by atoms with Crippen molar-refractivity contribution in [1.29, 1.82) is 0 Å². The Balaban J connectivity index is 1.63. The van der Waals surface area contributed by atoms with Crippen molar-refractivity contribution >= 4 is 27.6 Å². The third-order valence-electron chi connectivity index (χ3n) is 4.46. The monoisotopic (exact) mass is 346 g/mol. The molecule has 124 valence electrons. The summed E-state index contributed by atoms with van der Waals surface area (Å²) in [6, 6.07) is 8.08. The van der Waals surface area contributed by atoms with Gasteiger partial charge in [0.15, 0.2) is 11.6 Å². The Bertz CT molecular complexity index is 952. The molecule has 2 aromatic carbocycles. The van der Waals surface area contributed by atoms with Gasteiger partial charge < -0.3 is 4.98 Å². The van der Waals surface area contributed by atoms with Crippen molar-refractivity contribution in [2.24, 2.45) is 0 Å². The van der Waals surface area contributed by atoms with Crippen molar-refractivity contribution < 1.29 is 13.0 Å². The molecule has 0 bridgehead atoms. The SMILES string of the molecule is O=S(Nc1c[nH]c2cc(F)c(F)cc12)c1ccc2c(c1)CCCC2. The van der Waals surface area contributed by atoms with Crippen LogP contribution in [-0.2, 0) is 23.8 Å². The highest BCUT2D eigenvalue weighted by atomic mass is 32.2. The predicted octanol–water partition coefficient (Wildman–Crippen LogP) is 4.46. The molecule has 3 aromatic rings.